The average Bonchev–Trinajstić information content (AvgIpc) is 2.60. The molecular weight excluding hydrogens is 330 g/mol. The van der Waals surface area contributed by atoms with Crippen LogP contribution in [0.5, 0.6) is 5.75 Å². The third-order valence-electron chi connectivity index (χ3n) is 3.29. The molecule has 0 amide bonds. The highest BCUT2D eigenvalue weighted by molar-refractivity contribution is 7.89. The summed E-state index contributed by atoms with van der Waals surface area (Å²) in [5.41, 5.74) is 0.905. The van der Waals surface area contributed by atoms with Crippen LogP contribution >= 0.6 is 0 Å². The van der Waals surface area contributed by atoms with E-state index in [4.69, 9.17) is 4.74 Å². The van der Waals surface area contributed by atoms with Crippen molar-refractivity contribution in [1.29, 1.82) is 0 Å². The van der Waals surface area contributed by atoms with E-state index in [1.807, 2.05) is 19.1 Å². The van der Waals surface area contributed by atoms with Crippen LogP contribution in [0, 0.1) is 0 Å². The van der Waals surface area contributed by atoms with Crippen molar-refractivity contribution in [2.45, 2.75) is 18.4 Å². The van der Waals surface area contributed by atoms with Crippen molar-refractivity contribution < 1.29 is 22.7 Å². The number of nitrogens with one attached hydrogen (secondary N) is 1. The van der Waals surface area contributed by atoms with Crippen molar-refractivity contribution in [3.8, 4) is 5.75 Å². The summed E-state index contributed by atoms with van der Waals surface area (Å²) >= 11 is 0. The minimum Gasteiger partial charge on any atom is -0.494 e. The number of esters is 1. The van der Waals surface area contributed by atoms with E-state index in [1.165, 1.54) is 31.4 Å². The summed E-state index contributed by atoms with van der Waals surface area (Å²) in [7, 11) is -2.53. The molecule has 0 aromatic heterocycles. The van der Waals surface area contributed by atoms with E-state index in [-0.39, 0.29) is 17.0 Å². The zero-order valence-electron chi connectivity index (χ0n) is 13.5. The standard InChI is InChI=1S/C17H19NO5S/c1-3-23-16-10-5-4-7-14(16)12-18-24(20,21)15-9-6-8-13(11-15)17(19)22-2/h4-11,18H,3,12H2,1-2H3. The van der Waals surface area contributed by atoms with Crippen LogP contribution in [0.25, 0.3) is 0 Å². The predicted octanol–water partition coefficient (Wildman–Crippen LogP) is 2.35. The van der Waals surface area contributed by atoms with Gasteiger partial charge in [0.1, 0.15) is 5.75 Å². The first-order valence-corrected chi connectivity index (χ1v) is 8.85. The number of carbonyl (C=O) groups excluding carboxylic acids is 1. The van der Waals surface area contributed by atoms with Gasteiger partial charge in [0.15, 0.2) is 0 Å². The van der Waals surface area contributed by atoms with E-state index in [9.17, 15) is 13.2 Å². The molecule has 0 saturated carbocycles. The second-order valence-corrected chi connectivity index (χ2v) is 6.65. The molecule has 0 saturated heterocycles. The molecule has 1 N–H and O–H groups in total. The van der Waals surface area contributed by atoms with Gasteiger partial charge in [0.25, 0.3) is 0 Å². The maximum absolute atomic E-state index is 12.4. The van der Waals surface area contributed by atoms with E-state index >= 15 is 0 Å². The SMILES string of the molecule is CCOc1ccccc1CNS(=O)(=O)c1cccc(C(=O)OC)c1. The Morgan fingerprint density at radius 1 is 1.12 bits per heavy atom. The van der Waals surface area contributed by atoms with E-state index in [1.54, 1.807) is 12.1 Å². The quantitative estimate of drug-likeness (QED) is 0.776. The zero-order chi connectivity index (χ0) is 17.6. The lowest BCUT2D eigenvalue weighted by atomic mass is 10.2. The highest BCUT2D eigenvalue weighted by Crippen LogP contribution is 2.19. The molecule has 0 heterocycles. The van der Waals surface area contributed by atoms with Gasteiger partial charge >= 0.3 is 5.97 Å². The van der Waals surface area contributed by atoms with Crippen molar-refractivity contribution in [1.82, 2.24) is 4.72 Å². The first-order chi connectivity index (χ1) is 11.5. The molecule has 0 spiro atoms. The number of rotatable bonds is 7. The summed E-state index contributed by atoms with van der Waals surface area (Å²) in [6.07, 6.45) is 0. The molecule has 2 aromatic carbocycles. The Kier molecular flexibility index (Phi) is 5.94. The topological polar surface area (TPSA) is 81.7 Å². The summed E-state index contributed by atoms with van der Waals surface area (Å²) in [6, 6.07) is 12.9. The van der Waals surface area contributed by atoms with Crippen LogP contribution in [-0.2, 0) is 21.3 Å². The van der Waals surface area contributed by atoms with Gasteiger partial charge in [-0.05, 0) is 31.2 Å². The number of sulfonamides is 1. The first kappa shape index (κ1) is 18.0. The molecule has 0 aliphatic rings. The lowest BCUT2D eigenvalue weighted by Crippen LogP contribution is -2.24. The number of benzene rings is 2. The third-order valence-corrected chi connectivity index (χ3v) is 4.69. The normalized spacial score (nSPS) is 11.1. The third kappa shape index (κ3) is 4.33. The summed E-state index contributed by atoms with van der Waals surface area (Å²) < 4.78 is 37.5. The fourth-order valence-corrected chi connectivity index (χ4v) is 3.16. The Morgan fingerprint density at radius 3 is 2.58 bits per heavy atom. The molecule has 0 fully saturated rings. The highest BCUT2D eigenvalue weighted by atomic mass is 32.2. The van der Waals surface area contributed by atoms with E-state index < -0.39 is 16.0 Å². The molecule has 0 unspecified atom stereocenters. The number of para-hydroxylation sites is 1. The van der Waals surface area contributed by atoms with Crippen LogP contribution in [-0.4, -0.2) is 28.1 Å². The van der Waals surface area contributed by atoms with Crippen LogP contribution in [0.15, 0.2) is 53.4 Å². The second kappa shape index (κ2) is 7.94. The van der Waals surface area contributed by atoms with Gasteiger partial charge in [-0.1, -0.05) is 24.3 Å². The van der Waals surface area contributed by atoms with Gasteiger partial charge in [0.2, 0.25) is 10.0 Å². The molecule has 128 valence electrons. The van der Waals surface area contributed by atoms with Crippen LogP contribution in [0.4, 0.5) is 0 Å². The molecule has 6 nitrogen and oxygen atoms in total. The molecule has 0 atom stereocenters. The summed E-state index contributed by atoms with van der Waals surface area (Å²) in [4.78, 5) is 11.5. The van der Waals surface area contributed by atoms with Crippen molar-refractivity contribution >= 4 is 16.0 Å². The van der Waals surface area contributed by atoms with Crippen molar-refractivity contribution in [2.24, 2.45) is 0 Å². The second-order valence-electron chi connectivity index (χ2n) is 4.88. The van der Waals surface area contributed by atoms with Crippen LogP contribution in [0.2, 0.25) is 0 Å². The molecule has 0 aliphatic heterocycles. The van der Waals surface area contributed by atoms with Gasteiger partial charge in [-0.2, -0.15) is 0 Å². The van der Waals surface area contributed by atoms with Crippen molar-refractivity contribution in [2.75, 3.05) is 13.7 Å². The summed E-state index contributed by atoms with van der Waals surface area (Å²) in [6.45, 7) is 2.44. The minimum atomic E-state index is -3.77. The summed E-state index contributed by atoms with van der Waals surface area (Å²) in [5, 5.41) is 0. The largest absolute Gasteiger partial charge is 0.494 e. The molecule has 0 radical (unpaired) electrons. The predicted molar refractivity (Wildman–Crippen MR) is 89.4 cm³/mol. The monoisotopic (exact) mass is 349 g/mol. The van der Waals surface area contributed by atoms with Gasteiger partial charge in [-0.15, -0.1) is 0 Å². The minimum absolute atomic E-state index is 0.000656. The highest BCUT2D eigenvalue weighted by Gasteiger charge is 2.17. The molecular formula is C17H19NO5S. The Bertz CT molecular complexity index is 817. The lowest BCUT2D eigenvalue weighted by molar-refractivity contribution is 0.0600. The van der Waals surface area contributed by atoms with Crippen molar-refractivity contribution in [3.63, 3.8) is 0 Å². The molecule has 7 heteroatoms. The zero-order valence-corrected chi connectivity index (χ0v) is 14.3. The summed E-state index contributed by atoms with van der Waals surface area (Å²) in [5.74, 6) is 0.0414. The number of hydrogen-bond donors (Lipinski definition) is 1. The maximum Gasteiger partial charge on any atom is 0.337 e. The lowest BCUT2D eigenvalue weighted by Gasteiger charge is -2.11. The van der Waals surface area contributed by atoms with Gasteiger partial charge < -0.3 is 9.47 Å². The molecule has 24 heavy (non-hydrogen) atoms. The van der Waals surface area contributed by atoms with Gasteiger partial charge in [-0.25, -0.2) is 17.9 Å². The Balaban J connectivity index is 2.19. The average molecular weight is 349 g/mol. The Hall–Kier alpha value is -2.38. The van der Waals surface area contributed by atoms with E-state index in [0.29, 0.717) is 12.4 Å². The van der Waals surface area contributed by atoms with Gasteiger partial charge in [0.05, 0.1) is 24.2 Å². The number of hydrogen-bond acceptors (Lipinski definition) is 5. The van der Waals surface area contributed by atoms with Gasteiger partial charge in [0, 0.05) is 12.1 Å². The van der Waals surface area contributed by atoms with E-state index in [2.05, 4.69) is 9.46 Å². The maximum atomic E-state index is 12.4. The Morgan fingerprint density at radius 2 is 1.88 bits per heavy atom. The smallest absolute Gasteiger partial charge is 0.337 e. The van der Waals surface area contributed by atoms with Crippen LogP contribution in [0.3, 0.4) is 0 Å². The molecule has 2 aromatic rings. The molecule has 0 aliphatic carbocycles. The Labute approximate surface area is 141 Å². The van der Waals surface area contributed by atoms with Crippen LogP contribution < -0.4 is 9.46 Å². The fourth-order valence-electron chi connectivity index (χ4n) is 2.11. The number of methoxy groups -OCH3 is 1. The molecule has 2 rings (SSSR count). The van der Waals surface area contributed by atoms with E-state index in [0.717, 1.165) is 5.56 Å². The van der Waals surface area contributed by atoms with Crippen molar-refractivity contribution in [3.05, 3.63) is 59.7 Å². The fraction of sp³-hybridized carbons (Fsp3) is 0.235. The van der Waals surface area contributed by atoms with Gasteiger partial charge in [-0.3, -0.25) is 0 Å². The first-order valence-electron chi connectivity index (χ1n) is 7.36. The number of ether oxygens (including phenoxy) is 2. The van der Waals surface area contributed by atoms with Crippen LogP contribution in [0.1, 0.15) is 22.8 Å². The molecule has 0 bridgehead atoms. The number of carbonyl (C=O) groups is 1.